The summed E-state index contributed by atoms with van der Waals surface area (Å²) < 4.78 is 0. The summed E-state index contributed by atoms with van der Waals surface area (Å²) in [6.07, 6.45) is 12.3. The predicted octanol–water partition coefficient (Wildman–Crippen LogP) is 9.29. The van der Waals surface area contributed by atoms with Crippen molar-refractivity contribution >= 4 is 0 Å². The summed E-state index contributed by atoms with van der Waals surface area (Å²) in [6, 6.07) is 26.4. The van der Waals surface area contributed by atoms with Crippen LogP contribution in [0.15, 0.2) is 78.9 Å². The average Bonchev–Trinajstić information content (AvgIpc) is 3.18. The topological polar surface area (TPSA) is 116 Å². The molecule has 0 bridgehead atoms. The summed E-state index contributed by atoms with van der Waals surface area (Å²) in [7, 11) is 0. The zero-order valence-corrected chi connectivity index (χ0v) is 28.8. The van der Waals surface area contributed by atoms with Crippen LogP contribution < -0.4 is 0 Å². The van der Waals surface area contributed by atoms with Gasteiger partial charge in [0.1, 0.15) is 23.3 Å². The molecular weight excluding hydrogens is 619 g/mol. The first-order valence-electron chi connectivity index (χ1n) is 18.0. The molecule has 3 heterocycles. The summed E-state index contributed by atoms with van der Waals surface area (Å²) in [5.74, 6) is 7.36. The van der Waals surface area contributed by atoms with Gasteiger partial charge >= 0.3 is 0 Å². The Hall–Kier alpha value is -5.31. The van der Waals surface area contributed by atoms with E-state index in [0.717, 1.165) is 71.0 Å². The average molecular weight is 660 g/mol. The van der Waals surface area contributed by atoms with Crippen molar-refractivity contribution in [3.05, 3.63) is 102 Å². The maximum absolute atomic E-state index is 5.12. The van der Waals surface area contributed by atoms with Crippen LogP contribution in [0.5, 0.6) is 0 Å². The van der Waals surface area contributed by atoms with Crippen LogP contribution in [-0.2, 0) is 0 Å². The van der Waals surface area contributed by atoms with Crippen LogP contribution >= 0.6 is 0 Å². The van der Waals surface area contributed by atoms with E-state index < -0.39 is 0 Å². The van der Waals surface area contributed by atoms with Crippen molar-refractivity contribution in [2.24, 2.45) is 0 Å². The predicted molar refractivity (Wildman–Crippen MR) is 195 cm³/mol. The van der Waals surface area contributed by atoms with Gasteiger partial charge in [0.2, 0.25) is 0 Å². The third-order valence-electron chi connectivity index (χ3n) is 9.92. The Morgan fingerprint density at radius 3 is 1.26 bits per heavy atom. The van der Waals surface area contributed by atoms with Crippen LogP contribution in [0, 0.1) is 13.8 Å². The molecule has 0 amide bonds. The second-order valence-corrected chi connectivity index (χ2v) is 13.6. The summed E-state index contributed by atoms with van der Waals surface area (Å²) in [4.78, 5) is 43.7. The second-order valence-electron chi connectivity index (χ2n) is 13.6. The zero-order valence-electron chi connectivity index (χ0n) is 28.8. The third kappa shape index (κ3) is 7.04. The molecular formula is C41H41N9. The second kappa shape index (κ2) is 14.3. The standard InChI is InChI=1S/C41H41N9/c1-26-42-27(2)44-40(43-26)33-19-12-20-34(25-33)41-49-37(30-17-10-5-11-18-30)48-39(50-41)32-23-21-31(22-24-32)38-46-35(28-13-6-3-7-14-28)45-36(47-38)29-15-8-4-9-16-29/h5,10-12,17-25,28-29H,3-4,6-9,13-16H2,1-2H3. The van der Waals surface area contributed by atoms with E-state index in [0.29, 0.717) is 46.8 Å². The smallest absolute Gasteiger partial charge is 0.164 e. The van der Waals surface area contributed by atoms with Gasteiger partial charge in [-0.1, -0.05) is 111 Å². The SMILES string of the molecule is Cc1nc(C)nc(-c2cccc(-c3nc(-c4ccccc4)nc(-c4ccc(-c5nc(C6CCCCC6)nc(C6CCCCC6)n5)cc4)n3)c2)n1. The largest absolute Gasteiger partial charge is 0.219 e. The van der Waals surface area contributed by atoms with Crippen molar-refractivity contribution in [1.82, 2.24) is 44.9 Å². The van der Waals surface area contributed by atoms with Gasteiger partial charge in [0.25, 0.3) is 0 Å². The molecule has 0 unspecified atom stereocenters. The Morgan fingerprint density at radius 1 is 0.360 bits per heavy atom. The Morgan fingerprint density at radius 2 is 0.760 bits per heavy atom. The normalized spacial score (nSPS) is 15.6. The van der Waals surface area contributed by atoms with Crippen LogP contribution in [0.3, 0.4) is 0 Å². The molecule has 0 aliphatic heterocycles. The molecule has 0 atom stereocenters. The van der Waals surface area contributed by atoms with Crippen LogP contribution in [0.1, 0.15) is 99.3 Å². The van der Waals surface area contributed by atoms with Gasteiger partial charge in [0.15, 0.2) is 29.1 Å². The first-order valence-corrected chi connectivity index (χ1v) is 18.0. The fraction of sp³-hybridized carbons (Fsp3) is 0.341. The van der Waals surface area contributed by atoms with Gasteiger partial charge < -0.3 is 0 Å². The molecule has 2 aliphatic carbocycles. The number of benzene rings is 3. The molecule has 6 aromatic rings. The van der Waals surface area contributed by atoms with E-state index in [4.69, 9.17) is 29.9 Å². The fourth-order valence-electron chi connectivity index (χ4n) is 7.29. The van der Waals surface area contributed by atoms with Crippen molar-refractivity contribution in [2.75, 3.05) is 0 Å². The van der Waals surface area contributed by atoms with E-state index in [-0.39, 0.29) is 0 Å². The van der Waals surface area contributed by atoms with Crippen molar-refractivity contribution in [2.45, 2.75) is 89.9 Å². The molecule has 250 valence electrons. The number of hydrogen-bond acceptors (Lipinski definition) is 9. The summed E-state index contributed by atoms with van der Waals surface area (Å²) >= 11 is 0. The van der Waals surface area contributed by atoms with Gasteiger partial charge in [0.05, 0.1) is 0 Å². The lowest BCUT2D eigenvalue weighted by atomic mass is 9.87. The summed E-state index contributed by atoms with van der Waals surface area (Å²) in [6.45, 7) is 3.76. The highest BCUT2D eigenvalue weighted by molar-refractivity contribution is 5.71. The molecule has 9 nitrogen and oxygen atoms in total. The van der Waals surface area contributed by atoms with Crippen LogP contribution in [0.25, 0.3) is 56.9 Å². The quantitative estimate of drug-likeness (QED) is 0.165. The van der Waals surface area contributed by atoms with Crippen molar-refractivity contribution in [3.63, 3.8) is 0 Å². The van der Waals surface area contributed by atoms with Gasteiger partial charge in [-0.25, -0.2) is 44.9 Å². The highest BCUT2D eigenvalue weighted by Crippen LogP contribution is 2.36. The van der Waals surface area contributed by atoms with E-state index in [1.807, 2.05) is 68.4 Å². The van der Waals surface area contributed by atoms with Gasteiger partial charge in [-0.05, 0) is 45.6 Å². The van der Waals surface area contributed by atoms with Crippen LogP contribution in [0.2, 0.25) is 0 Å². The maximum Gasteiger partial charge on any atom is 0.164 e. The van der Waals surface area contributed by atoms with E-state index in [2.05, 4.69) is 39.2 Å². The highest BCUT2D eigenvalue weighted by atomic mass is 15.1. The Kier molecular flexibility index (Phi) is 9.11. The molecule has 0 saturated heterocycles. The summed E-state index contributed by atoms with van der Waals surface area (Å²) in [5, 5.41) is 0. The molecule has 9 heteroatoms. The maximum atomic E-state index is 5.12. The number of aromatic nitrogens is 9. The zero-order chi connectivity index (χ0) is 33.9. The van der Waals surface area contributed by atoms with Crippen LogP contribution in [-0.4, -0.2) is 44.9 Å². The monoisotopic (exact) mass is 659 g/mol. The molecule has 2 saturated carbocycles. The van der Waals surface area contributed by atoms with E-state index in [1.54, 1.807) is 0 Å². The number of nitrogens with zero attached hydrogens (tertiary/aromatic N) is 9. The fourth-order valence-corrected chi connectivity index (χ4v) is 7.29. The van der Waals surface area contributed by atoms with Crippen molar-refractivity contribution in [1.29, 1.82) is 0 Å². The first kappa shape index (κ1) is 31.9. The molecule has 0 N–H and O–H groups in total. The van der Waals surface area contributed by atoms with Gasteiger partial charge in [0, 0.05) is 39.7 Å². The van der Waals surface area contributed by atoms with E-state index >= 15 is 0 Å². The molecule has 3 aromatic heterocycles. The third-order valence-corrected chi connectivity index (χ3v) is 9.92. The van der Waals surface area contributed by atoms with Crippen LogP contribution in [0.4, 0.5) is 0 Å². The highest BCUT2D eigenvalue weighted by Gasteiger charge is 2.25. The van der Waals surface area contributed by atoms with Crippen molar-refractivity contribution < 1.29 is 0 Å². The Bertz CT molecular complexity index is 2050. The first-order chi connectivity index (χ1) is 24.6. The number of aryl methyl sites for hydroxylation is 2. The molecule has 8 rings (SSSR count). The van der Waals surface area contributed by atoms with Gasteiger partial charge in [-0.2, -0.15) is 0 Å². The Labute approximate surface area is 293 Å². The molecule has 0 spiro atoms. The lowest BCUT2D eigenvalue weighted by Crippen LogP contribution is -2.16. The van der Waals surface area contributed by atoms with Crippen molar-refractivity contribution in [3.8, 4) is 56.9 Å². The minimum atomic E-state index is 0.420. The summed E-state index contributed by atoms with van der Waals surface area (Å²) in [5.41, 5.74) is 4.53. The van der Waals surface area contributed by atoms with E-state index in [1.165, 1.54) is 38.5 Å². The van der Waals surface area contributed by atoms with Gasteiger partial charge in [-0.3, -0.25) is 0 Å². The molecule has 3 aromatic carbocycles. The molecule has 0 radical (unpaired) electrons. The molecule has 2 aliphatic rings. The van der Waals surface area contributed by atoms with Gasteiger partial charge in [-0.15, -0.1) is 0 Å². The minimum absolute atomic E-state index is 0.420. The lowest BCUT2D eigenvalue weighted by molar-refractivity contribution is 0.409. The molecule has 2 fully saturated rings. The van der Waals surface area contributed by atoms with E-state index in [9.17, 15) is 0 Å². The number of rotatable bonds is 7. The Balaban J connectivity index is 1.17. The molecule has 50 heavy (non-hydrogen) atoms. The minimum Gasteiger partial charge on any atom is -0.219 e. The number of hydrogen-bond donors (Lipinski definition) is 0. The lowest BCUT2D eigenvalue weighted by Gasteiger charge is -2.24.